The Labute approximate surface area is 117 Å². The van der Waals surface area contributed by atoms with Crippen LogP contribution in [-0.4, -0.2) is 50.7 Å². The summed E-state index contributed by atoms with van der Waals surface area (Å²) in [5.41, 5.74) is -0.106. The van der Waals surface area contributed by atoms with Crippen molar-refractivity contribution in [1.82, 2.24) is 10.2 Å². The normalized spacial score (nSPS) is 19.4. The summed E-state index contributed by atoms with van der Waals surface area (Å²) in [4.78, 5) is 14.8. The van der Waals surface area contributed by atoms with Crippen LogP contribution in [0.25, 0.3) is 0 Å². The highest BCUT2D eigenvalue weighted by atomic mass is 32.2. The molecule has 0 bridgehead atoms. The number of piperazine rings is 1. The Morgan fingerprint density at radius 3 is 2.68 bits per heavy atom. The largest absolute Gasteiger partial charge is 0.335 e. The van der Waals surface area contributed by atoms with Gasteiger partial charge in [0.25, 0.3) is 5.91 Å². The first-order valence-corrected chi connectivity index (χ1v) is 8.79. The summed E-state index contributed by atoms with van der Waals surface area (Å²) in [7, 11) is -3.24. The van der Waals surface area contributed by atoms with E-state index in [0.29, 0.717) is 18.0 Å². The lowest BCUT2D eigenvalue weighted by Crippen LogP contribution is -2.58. The second-order valence-corrected chi connectivity index (χ2v) is 8.38. The Morgan fingerprint density at radius 2 is 2.16 bits per heavy atom. The first-order valence-electron chi connectivity index (χ1n) is 6.02. The van der Waals surface area contributed by atoms with E-state index in [1.807, 2.05) is 13.8 Å². The predicted molar refractivity (Wildman–Crippen MR) is 75.4 cm³/mol. The van der Waals surface area contributed by atoms with Crippen LogP contribution in [0, 0.1) is 0 Å². The number of carbonyl (C=O) groups is 1. The minimum absolute atomic E-state index is 0.0884. The molecule has 5 nitrogen and oxygen atoms in total. The number of rotatable bonds is 2. The Morgan fingerprint density at radius 1 is 1.47 bits per heavy atom. The second kappa shape index (κ2) is 4.88. The van der Waals surface area contributed by atoms with E-state index in [4.69, 9.17) is 0 Å². The van der Waals surface area contributed by atoms with E-state index in [1.165, 1.54) is 22.8 Å². The van der Waals surface area contributed by atoms with Crippen molar-refractivity contribution in [2.45, 2.75) is 24.3 Å². The summed E-state index contributed by atoms with van der Waals surface area (Å²) in [6.07, 6.45) is 1.15. The van der Waals surface area contributed by atoms with Gasteiger partial charge in [-0.1, -0.05) is 0 Å². The molecule has 1 N–H and O–H groups in total. The number of hydrogen-bond acceptors (Lipinski definition) is 5. The van der Waals surface area contributed by atoms with Gasteiger partial charge in [-0.25, -0.2) is 8.42 Å². The fourth-order valence-electron chi connectivity index (χ4n) is 2.10. The van der Waals surface area contributed by atoms with Crippen LogP contribution >= 0.6 is 11.3 Å². The maximum Gasteiger partial charge on any atom is 0.264 e. The zero-order valence-electron chi connectivity index (χ0n) is 11.3. The molecule has 0 unspecified atom stereocenters. The van der Waals surface area contributed by atoms with Crippen LogP contribution in [0.4, 0.5) is 0 Å². The van der Waals surface area contributed by atoms with Gasteiger partial charge in [-0.05, 0) is 19.9 Å². The number of carbonyl (C=O) groups excluding carboxylic acids is 1. The van der Waals surface area contributed by atoms with Crippen LogP contribution in [0.5, 0.6) is 0 Å². The lowest BCUT2D eigenvalue weighted by molar-refractivity contribution is 0.0657. The van der Waals surface area contributed by atoms with Crippen molar-refractivity contribution in [3.63, 3.8) is 0 Å². The highest BCUT2D eigenvalue weighted by Crippen LogP contribution is 2.22. The number of nitrogens with zero attached hydrogens (tertiary/aromatic N) is 1. The second-order valence-electron chi connectivity index (χ2n) is 5.46. The Hall–Kier alpha value is -0.920. The van der Waals surface area contributed by atoms with Gasteiger partial charge in [-0.3, -0.25) is 4.79 Å². The number of amides is 1. The third-order valence-corrected chi connectivity index (χ3v) is 5.23. The van der Waals surface area contributed by atoms with Gasteiger partial charge in [0, 0.05) is 36.8 Å². The average Bonchev–Trinajstić information content (AvgIpc) is 2.75. The van der Waals surface area contributed by atoms with Gasteiger partial charge in [0.15, 0.2) is 9.84 Å². The van der Waals surface area contributed by atoms with Crippen molar-refractivity contribution in [3.8, 4) is 0 Å². The van der Waals surface area contributed by atoms with Crippen LogP contribution in [0.2, 0.25) is 0 Å². The van der Waals surface area contributed by atoms with E-state index >= 15 is 0 Å². The first-order chi connectivity index (χ1) is 8.69. The van der Waals surface area contributed by atoms with E-state index in [2.05, 4.69) is 5.32 Å². The molecule has 1 saturated heterocycles. The van der Waals surface area contributed by atoms with Crippen molar-refractivity contribution in [1.29, 1.82) is 0 Å². The first kappa shape index (κ1) is 14.5. The summed E-state index contributed by atoms with van der Waals surface area (Å²) >= 11 is 1.19. The molecule has 1 aliphatic heterocycles. The topological polar surface area (TPSA) is 66.5 Å². The fourth-order valence-corrected chi connectivity index (χ4v) is 4.08. The summed E-state index contributed by atoms with van der Waals surface area (Å²) in [6.45, 7) is 6.11. The standard InChI is InChI=1S/C12H18N2O3S2/c1-12(2)8-14(5-4-13-12)11(15)10-6-9(7-18-10)19(3,16)17/h6-7,13H,4-5,8H2,1-3H3. The van der Waals surface area contributed by atoms with E-state index in [9.17, 15) is 13.2 Å². The van der Waals surface area contributed by atoms with Gasteiger partial charge in [0.05, 0.1) is 9.77 Å². The molecule has 0 aromatic carbocycles. The lowest BCUT2D eigenvalue weighted by Gasteiger charge is -2.38. The number of sulfone groups is 1. The van der Waals surface area contributed by atoms with E-state index in [-0.39, 0.29) is 16.3 Å². The van der Waals surface area contributed by atoms with Gasteiger partial charge >= 0.3 is 0 Å². The van der Waals surface area contributed by atoms with Crippen LogP contribution in [-0.2, 0) is 9.84 Å². The Balaban J connectivity index is 2.18. The molecule has 1 fully saturated rings. The fraction of sp³-hybridized carbons (Fsp3) is 0.583. The number of hydrogen-bond donors (Lipinski definition) is 1. The minimum atomic E-state index is -3.24. The zero-order chi connectivity index (χ0) is 14.3. The van der Waals surface area contributed by atoms with Crippen molar-refractivity contribution < 1.29 is 13.2 Å². The van der Waals surface area contributed by atoms with Crippen molar-refractivity contribution in [3.05, 3.63) is 16.3 Å². The van der Waals surface area contributed by atoms with Crippen molar-refractivity contribution in [2.75, 3.05) is 25.9 Å². The molecule has 19 heavy (non-hydrogen) atoms. The molecule has 2 rings (SSSR count). The van der Waals surface area contributed by atoms with Crippen LogP contribution in [0.1, 0.15) is 23.5 Å². The quantitative estimate of drug-likeness (QED) is 0.884. The zero-order valence-corrected chi connectivity index (χ0v) is 12.9. The molecule has 1 amide bonds. The summed E-state index contributed by atoms with van der Waals surface area (Å²) in [5.74, 6) is -0.0884. The molecule has 0 saturated carbocycles. The van der Waals surface area contributed by atoms with Gasteiger partial charge in [0.2, 0.25) is 0 Å². The monoisotopic (exact) mass is 302 g/mol. The van der Waals surface area contributed by atoms with Gasteiger partial charge in [-0.2, -0.15) is 0 Å². The predicted octanol–water partition coefficient (Wildman–Crippen LogP) is 0.976. The highest BCUT2D eigenvalue weighted by molar-refractivity contribution is 7.90. The molecule has 0 atom stereocenters. The van der Waals surface area contributed by atoms with Gasteiger partial charge in [-0.15, -0.1) is 11.3 Å². The summed E-state index contributed by atoms with van der Waals surface area (Å²) in [6, 6.07) is 1.47. The molecule has 106 valence electrons. The Kier molecular flexibility index (Phi) is 3.72. The minimum Gasteiger partial charge on any atom is -0.335 e. The van der Waals surface area contributed by atoms with E-state index < -0.39 is 9.84 Å². The number of thiophene rings is 1. The Bertz CT molecular complexity index is 590. The molecule has 1 aliphatic rings. The van der Waals surface area contributed by atoms with Crippen LogP contribution < -0.4 is 5.32 Å². The summed E-state index contributed by atoms with van der Waals surface area (Å²) < 4.78 is 22.8. The average molecular weight is 302 g/mol. The molecule has 2 heterocycles. The van der Waals surface area contributed by atoms with Crippen LogP contribution in [0.15, 0.2) is 16.3 Å². The number of nitrogens with one attached hydrogen (secondary N) is 1. The molecule has 1 aromatic rings. The summed E-state index contributed by atoms with van der Waals surface area (Å²) in [5, 5.41) is 4.86. The molecule has 0 aliphatic carbocycles. The van der Waals surface area contributed by atoms with Crippen LogP contribution in [0.3, 0.4) is 0 Å². The molecule has 0 spiro atoms. The molecule has 7 heteroatoms. The SMILES string of the molecule is CC1(C)CN(C(=O)c2cc(S(C)(=O)=O)cs2)CCN1. The molecular formula is C12H18N2O3S2. The third kappa shape index (κ3) is 3.34. The van der Waals surface area contributed by atoms with Crippen molar-refractivity contribution >= 4 is 27.1 Å². The van der Waals surface area contributed by atoms with E-state index in [1.54, 1.807) is 4.90 Å². The highest BCUT2D eigenvalue weighted by Gasteiger charge is 2.30. The maximum atomic E-state index is 12.3. The van der Waals surface area contributed by atoms with Gasteiger partial charge in [0.1, 0.15) is 0 Å². The molecule has 1 aromatic heterocycles. The van der Waals surface area contributed by atoms with Gasteiger partial charge < -0.3 is 10.2 Å². The third-order valence-electron chi connectivity index (χ3n) is 3.07. The molecular weight excluding hydrogens is 284 g/mol. The smallest absolute Gasteiger partial charge is 0.264 e. The van der Waals surface area contributed by atoms with E-state index in [0.717, 1.165) is 12.8 Å². The van der Waals surface area contributed by atoms with Crippen molar-refractivity contribution in [2.24, 2.45) is 0 Å². The molecule has 0 radical (unpaired) electrons. The lowest BCUT2D eigenvalue weighted by atomic mass is 10.0. The maximum absolute atomic E-state index is 12.3.